The van der Waals surface area contributed by atoms with Gasteiger partial charge in [0.05, 0.1) is 25.8 Å². The monoisotopic (exact) mass is 463 g/mol. The molecular formula is C27H33N3O4. The fourth-order valence-electron chi connectivity index (χ4n) is 3.90. The van der Waals surface area contributed by atoms with Gasteiger partial charge in [-0.1, -0.05) is 24.3 Å². The Morgan fingerprint density at radius 2 is 1.68 bits per heavy atom. The average molecular weight is 464 g/mol. The Morgan fingerprint density at radius 1 is 0.971 bits per heavy atom. The maximum Gasteiger partial charge on any atom is 0.340 e. The first-order valence-electron chi connectivity index (χ1n) is 11.3. The Hall–Kier alpha value is -3.74. The molecule has 1 aromatic heterocycles. The highest BCUT2D eigenvalue weighted by molar-refractivity contribution is 5.93. The lowest BCUT2D eigenvalue weighted by Gasteiger charge is -2.24. The second-order valence-electron chi connectivity index (χ2n) is 8.33. The van der Waals surface area contributed by atoms with Gasteiger partial charge in [-0.2, -0.15) is 0 Å². The first kappa shape index (κ1) is 24.9. The molecule has 2 N–H and O–H groups in total. The van der Waals surface area contributed by atoms with Crippen LogP contribution in [0.25, 0.3) is 0 Å². The molecule has 2 amide bonds. The lowest BCUT2D eigenvalue weighted by atomic mass is 10.1. The molecule has 0 aliphatic rings. The van der Waals surface area contributed by atoms with Gasteiger partial charge in [-0.05, 0) is 75.1 Å². The minimum Gasteiger partial charge on any atom is -0.497 e. The number of amides is 2. The van der Waals surface area contributed by atoms with E-state index in [1.807, 2.05) is 70.2 Å². The maximum atomic E-state index is 13.4. The summed E-state index contributed by atoms with van der Waals surface area (Å²) < 4.78 is 10.5. The summed E-state index contributed by atoms with van der Waals surface area (Å²) in [5.74, 6) is 0.395. The molecule has 0 saturated heterocycles. The summed E-state index contributed by atoms with van der Waals surface area (Å²) in [5, 5.41) is 3.05. The van der Waals surface area contributed by atoms with Crippen molar-refractivity contribution in [2.75, 3.05) is 19.0 Å². The second-order valence-corrected chi connectivity index (χ2v) is 8.33. The Kier molecular flexibility index (Phi) is 7.99. The molecule has 0 spiro atoms. The van der Waals surface area contributed by atoms with Crippen LogP contribution in [0.2, 0.25) is 0 Å². The molecule has 0 radical (unpaired) electrons. The number of aryl methyl sites for hydroxylation is 2. The summed E-state index contributed by atoms with van der Waals surface area (Å²) in [4.78, 5) is 30.9. The number of urea groups is 1. The lowest BCUT2D eigenvalue weighted by Crippen LogP contribution is -2.34. The highest BCUT2D eigenvalue weighted by Crippen LogP contribution is 2.24. The third kappa shape index (κ3) is 5.60. The van der Waals surface area contributed by atoms with E-state index in [4.69, 9.17) is 9.47 Å². The number of anilines is 1. The van der Waals surface area contributed by atoms with Gasteiger partial charge in [0, 0.05) is 23.6 Å². The van der Waals surface area contributed by atoms with Crippen LogP contribution in [0, 0.1) is 27.7 Å². The van der Waals surface area contributed by atoms with Crippen molar-refractivity contribution >= 4 is 17.7 Å². The quantitative estimate of drug-likeness (QED) is 0.422. The van der Waals surface area contributed by atoms with E-state index in [1.54, 1.807) is 18.9 Å². The van der Waals surface area contributed by atoms with Crippen molar-refractivity contribution in [1.29, 1.82) is 0 Å². The number of nitrogens with zero attached hydrogens (tertiary/aromatic N) is 1. The van der Waals surface area contributed by atoms with E-state index >= 15 is 0 Å². The molecule has 0 aliphatic heterocycles. The number of H-pyrrole nitrogens is 1. The first-order chi connectivity index (χ1) is 16.2. The highest BCUT2D eigenvalue weighted by Gasteiger charge is 2.23. The molecule has 0 atom stereocenters. The molecule has 7 nitrogen and oxygen atoms in total. The summed E-state index contributed by atoms with van der Waals surface area (Å²) in [5.41, 5.74) is 6.70. The number of methoxy groups -OCH3 is 1. The summed E-state index contributed by atoms with van der Waals surface area (Å²) in [7, 11) is 1.62. The molecular weight excluding hydrogens is 430 g/mol. The molecule has 0 unspecified atom stereocenters. The van der Waals surface area contributed by atoms with Crippen molar-refractivity contribution in [2.24, 2.45) is 0 Å². The second kappa shape index (κ2) is 10.9. The Balaban J connectivity index is 1.91. The van der Waals surface area contributed by atoms with Crippen molar-refractivity contribution in [3.8, 4) is 5.75 Å². The highest BCUT2D eigenvalue weighted by atomic mass is 16.5. The van der Waals surface area contributed by atoms with Gasteiger partial charge >= 0.3 is 12.0 Å². The number of rotatable bonds is 8. The van der Waals surface area contributed by atoms with Gasteiger partial charge in [0.15, 0.2) is 0 Å². The van der Waals surface area contributed by atoms with Crippen molar-refractivity contribution in [1.82, 2.24) is 9.88 Å². The maximum absolute atomic E-state index is 13.4. The predicted molar refractivity (Wildman–Crippen MR) is 133 cm³/mol. The van der Waals surface area contributed by atoms with Gasteiger partial charge in [0.1, 0.15) is 5.75 Å². The van der Waals surface area contributed by atoms with Gasteiger partial charge in [-0.15, -0.1) is 0 Å². The van der Waals surface area contributed by atoms with Gasteiger partial charge in [-0.25, -0.2) is 9.59 Å². The van der Waals surface area contributed by atoms with E-state index in [2.05, 4.69) is 10.3 Å². The number of esters is 1. The van der Waals surface area contributed by atoms with Gasteiger partial charge in [-0.3, -0.25) is 0 Å². The zero-order valence-electron chi connectivity index (χ0n) is 20.7. The molecule has 0 saturated carbocycles. The molecule has 3 rings (SSSR count). The summed E-state index contributed by atoms with van der Waals surface area (Å²) in [6.07, 6.45) is 0. The van der Waals surface area contributed by atoms with Crippen LogP contribution in [0.1, 0.15) is 50.9 Å². The zero-order chi connectivity index (χ0) is 24.8. The molecule has 7 heteroatoms. The van der Waals surface area contributed by atoms with Crippen molar-refractivity contribution < 1.29 is 19.1 Å². The third-order valence-electron chi connectivity index (χ3n) is 6.04. The van der Waals surface area contributed by atoms with Crippen LogP contribution in [-0.2, 0) is 17.8 Å². The van der Waals surface area contributed by atoms with Crippen LogP contribution >= 0.6 is 0 Å². The predicted octanol–water partition coefficient (Wildman–Crippen LogP) is 5.67. The van der Waals surface area contributed by atoms with E-state index in [1.165, 1.54) is 0 Å². The minimum atomic E-state index is -0.360. The lowest BCUT2D eigenvalue weighted by molar-refractivity contribution is 0.0525. The Bertz CT molecular complexity index is 1170. The number of carbonyl (C=O) groups is 2. The fourth-order valence-corrected chi connectivity index (χ4v) is 3.90. The largest absolute Gasteiger partial charge is 0.497 e. The van der Waals surface area contributed by atoms with Crippen LogP contribution in [-0.4, -0.2) is 35.6 Å². The van der Waals surface area contributed by atoms with Gasteiger partial charge in [0.2, 0.25) is 0 Å². The standard InChI is InChI=1S/C27H33N3O4/c1-7-34-26(31)25-19(4)24(28-20(25)5)16-30(15-21-11-13-22(33-6)14-12-21)27(32)29-23-10-8-9-17(2)18(23)3/h8-14,28H,7,15-16H2,1-6H3,(H,29,32). The number of carbonyl (C=O) groups excluding carboxylic acids is 2. The normalized spacial score (nSPS) is 10.6. The average Bonchev–Trinajstić information content (AvgIpc) is 3.09. The van der Waals surface area contributed by atoms with Crippen LogP contribution in [0.5, 0.6) is 5.75 Å². The number of benzene rings is 2. The van der Waals surface area contributed by atoms with Crippen LogP contribution in [0.3, 0.4) is 0 Å². The Morgan fingerprint density at radius 3 is 2.32 bits per heavy atom. The zero-order valence-corrected chi connectivity index (χ0v) is 20.7. The molecule has 34 heavy (non-hydrogen) atoms. The van der Waals surface area contributed by atoms with Crippen LogP contribution < -0.4 is 10.1 Å². The smallest absolute Gasteiger partial charge is 0.340 e. The molecule has 3 aromatic rings. The van der Waals surface area contributed by atoms with E-state index in [-0.39, 0.29) is 12.0 Å². The van der Waals surface area contributed by atoms with E-state index in [9.17, 15) is 9.59 Å². The molecule has 180 valence electrons. The summed E-state index contributed by atoms with van der Waals surface area (Å²) in [6, 6.07) is 13.2. The van der Waals surface area contributed by atoms with E-state index < -0.39 is 0 Å². The number of nitrogens with one attached hydrogen (secondary N) is 2. The third-order valence-corrected chi connectivity index (χ3v) is 6.04. The molecule has 2 aromatic carbocycles. The topological polar surface area (TPSA) is 83.7 Å². The number of ether oxygens (including phenoxy) is 2. The van der Waals surface area contributed by atoms with E-state index in [0.29, 0.717) is 25.3 Å². The van der Waals surface area contributed by atoms with Gasteiger partial charge < -0.3 is 24.7 Å². The number of hydrogen-bond acceptors (Lipinski definition) is 4. The fraction of sp³-hybridized carbons (Fsp3) is 0.333. The first-order valence-corrected chi connectivity index (χ1v) is 11.3. The molecule has 0 aliphatic carbocycles. The van der Waals surface area contributed by atoms with E-state index in [0.717, 1.165) is 45.1 Å². The summed E-state index contributed by atoms with van der Waals surface area (Å²) in [6.45, 7) is 10.5. The minimum absolute atomic E-state index is 0.228. The van der Waals surface area contributed by atoms with Crippen molar-refractivity contribution in [3.05, 3.63) is 81.7 Å². The summed E-state index contributed by atoms with van der Waals surface area (Å²) >= 11 is 0. The number of aromatic amines is 1. The van der Waals surface area contributed by atoms with Crippen molar-refractivity contribution in [2.45, 2.75) is 47.7 Å². The van der Waals surface area contributed by atoms with Crippen LogP contribution in [0.15, 0.2) is 42.5 Å². The number of aromatic nitrogens is 1. The van der Waals surface area contributed by atoms with Crippen LogP contribution in [0.4, 0.5) is 10.5 Å². The van der Waals surface area contributed by atoms with Crippen molar-refractivity contribution in [3.63, 3.8) is 0 Å². The molecule has 0 bridgehead atoms. The molecule has 0 fully saturated rings. The Labute approximate surface area is 201 Å². The molecule has 1 heterocycles. The SMILES string of the molecule is CCOC(=O)c1c(C)[nH]c(CN(Cc2ccc(OC)cc2)C(=O)Nc2cccc(C)c2C)c1C. The number of hydrogen-bond donors (Lipinski definition) is 2. The van der Waals surface area contributed by atoms with Gasteiger partial charge in [0.25, 0.3) is 0 Å².